The second kappa shape index (κ2) is 8.34. The molecule has 2 fully saturated rings. The number of nitrogens with zero attached hydrogens (tertiary/aromatic N) is 2. The lowest BCUT2D eigenvalue weighted by Gasteiger charge is -2.26. The van der Waals surface area contributed by atoms with Crippen LogP contribution in [0, 0.1) is 0 Å². The molecule has 1 aromatic carbocycles. The third kappa shape index (κ3) is 4.64. The first-order valence-corrected chi connectivity index (χ1v) is 10.3. The summed E-state index contributed by atoms with van der Waals surface area (Å²) in [5.74, 6) is -1.25. The summed E-state index contributed by atoms with van der Waals surface area (Å²) in [5, 5.41) is 11.8. The van der Waals surface area contributed by atoms with Gasteiger partial charge in [0.25, 0.3) is 0 Å². The molecule has 1 aromatic rings. The normalized spacial score (nSPS) is 21.9. The van der Waals surface area contributed by atoms with Gasteiger partial charge in [0.2, 0.25) is 15.9 Å². The van der Waals surface area contributed by atoms with E-state index in [9.17, 15) is 18.0 Å². The van der Waals surface area contributed by atoms with Crippen LogP contribution in [0.2, 0.25) is 0 Å². The second-order valence-corrected chi connectivity index (χ2v) is 8.49. The van der Waals surface area contributed by atoms with E-state index in [4.69, 9.17) is 9.84 Å². The minimum Gasteiger partial charge on any atom is -0.480 e. The molecule has 9 nitrogen and oxygen atoms in total. The van der Waals surface area contributed by atoms with Crippen molar-refractivity contribution in [2.24, 2.45) is 0 Å². The quantitative estimate of drug-likeness (QED) is 0.704. The molecule has 10 heteroatoms. The van der Waals surface area contributed by atoms with Gasteiger partial charge in [0.15, 0.2) is 0 Å². The van der Waals surface area contributed by atoms with Gasteiger partial charge in [0.05, 0.1) is 24.7 Å². The van der Waals surface area contributed by atoms with Gasteiger partial charge in [0.1, 0.15) is 6.04 Å². The highest BCUT2D eigenvalue weighted by Crippen LogP contribution is 2.20. The molecule has 0 spiro atoms. The van der Waals surface area contributed by atoms with E-state index in [-0.39, 0.29) is 17.3 Å². The number of aliphatic carboxylic acids is 1. The van der Waals surface area contributed by atoms with Crippen LogP contribution in [0.25, 0.3) is 0 Å². The number of hydrogen-bond donors (Lipinski definition) is 2. The molecule has 2 N–H and O–H groups in total. The molecule has 0 aliphatic carbocycles. The Bertz CT molecular complexity index is 789. The molecule has 148 valence electrons. The van der Waals surface area contributed by atoms with Crippen LogP contribution in [0.5, 0.6) is 0 Å². The van der Waals surface area contributed by atoms with Crippen LogP contribution in [0.15, 0.2) is 29.2 Å². The molecule has 0 radical (unpaired) electrons. The number of sulfonamides is 1. The molecular formula is C17H23N3O6S. The van der Waals surface area contributed by atoms with Crippen molar-refractivity contribution in [1.29, 1.82) is 0 Å². The Morgan fingerprint density at radius 3 is 2.44 bits per heavy atom. The molecule has 0 unspecified atom stereocenters. The second-order valence-electron chi connectivity index (χ2n) is 6.56. The molecule has 3 rings (SSSR count). The molecule has 2 heterocycles. The highest BCUT2D eigenvalue weighted by Gasteiger charge is 2.31. The SMILES string of the molecule is O=C(CN1CCC[C@H]1C(=O)O)Nc1ccc(S(=O)(=O)N2CCOCC2)cc1. The number of amides is 1. The molecular weight excluding hydrogens is 374 g/mol. The van der Waals surface area contributed by atoms with Gasteiger partial charge in [-0.15, -0.1) is 0 Å². The van der Waals surface area contributed by atoms with E-state index in [1.807, 2.05) is 0 Å². The predicted octanol–water partition coefficient (Wildman–Crippen LogP) is 0.195. The van der Waals surface area contributed by atoms with E-state index in [0.29, 0.717) is 45.0 Å². The van der Waals surface area contributed by atoms with Crippen LogP contribution in [-0.4, -0.2) is 80.0 Å². The van der Waals surface area contributed by atoms with Gasteiger partial charge >= 0.3 is 5.97 Å². The molecule has 1 amide bonds. The van der Waals surface area contributed by atoms with Crippen LogP contribution in [0.1, 0.15) is 12.8 Å². The summed E-state index contributed by atoms with van der Waals surface area (Å²) in [6.45, 7) is 1.96. The van der Waals surface area contributed by atoms with Gasteiger partial charge in [-0.25, -0.2) is 8.42 Å². The summed E-state index contributed by atoms with van der Waals surface area (Å²) in [5.41, 5.74) is 0.465. The monoisotopic (exact) mass is 397 g/mol. The molecule has 2 aliphatic rings. The third-order valence-corrected chi connectivity index (χ3v) is 6.65. The molecule has 1 atom stereocenters. The maximum Gasteiger partial charge on any atom is 0.320 e. The standard InChI is InChI=1S/C17H23N3O6S/c21-16(12-19-7-1-2-15(19)17(22)23)18-13-3-5-14(6-4-13)27(24,25)20-8-10-26-11-9-20/h3-6,15H,1-2,7-12H2,(H,18,21)(H,22,23)/t15-/m0/s1. The largest absolute Gasteiger partial charge is 0.480 e. The van der Waals surface area contributed by atoms with Crippen molar-refractivity contribution in [3.63, 3.8) is 0 Å². The van der Waals surface area contributed by atoms with E-state index in [1.54, 1.807) is 4.90 Å². The van der Waals surface area contributed by atoms with E-state index in [1.165, 1.54) is 28.6 Å². The molecule has 2 saturated heterocycles. The van der Waals surface area contributed by atoms with Crippen molar-refractivity contribution < 1.29 is 27.9 Å². The summed E-state index contributed by atoms with van der Waals surface area (Å²) in [6.07, 6.45) is 1.29. The Kier molecular flexibility index (Phi) is 6.10. The maximum atomic E-state index is 12.6. The number of benzene rings is 1. The van der Waals surface area contributed by atoms with Crippen LogP contribution < -0.4 is 5.32 Å². The minimum atomic E-state index is -3.58. The number of anilines is 1. The molecule has 0 aromatic heterocycles. The van der Waals surface area contributed by atoms with Gasteiger partial charge in [-0.1, -0.05) is 0 Å². The smallest absolute Gasteiger partial charge is 0.320 e. The molecule has 27 heavy (non-hydrogen) atoms. The lowest BCUT2D eigenvalue weighted by molar-refractivity contribution is -0.142. The Hall–Kier alpha value is -2.01. The van der Waals surface area contributed by atoms with E-state index in [0.717, 1.165) is 6.42 Å². The van der Waals surface area contributed by atoms with Gasteiger partial charge in [-0.05, 0) is 43.7 Å². The van der Waals surface area contributed by atoms with Gasteiger partial charge in [0, 0.05) is 18.8 Å². The van der Waals surface area contributed by atoms with Crippen molar-refractivity contribution in [3.8, 4) is 0 Å². The Morgan fingerprint density at radius 2 is 1.81 bits per heavy atom. The van der Waals surface area contributed by atoms with Crippen LogP contribution >= 0.6 is 0 Å². The van der Waals surface area contributed by atoms with Gasteiger partial charge in [-0.3, -0.25) is 14.5 Å². The summed E-state index contributed by atoms with van der Waals surface area (Å²) in [7, 11) is -3.58. The van der Waals surface area contributed by atoms with Crippen molar-refractivity contribution in [2.45, 2.75) is 23.8 Å². The lowest BCUT2D eigenvalue weighted by Crippen LogP contribution is -2.41. The Labute approximate surface area is 157 Å². The average molecular weight is 397 g/mol. The molecule has 0 bridgehead atoms. The lowest BCUT2D eigenvalue weighted by atomic mass is 10.2. The zero-order chi connectivity index (χ0) is 19.4. The van der Waals surface area contributed by atoms with E-state index >= 15 is 0 Å². The first-order valence-electron chi connectivity index (χ1n) is 8.82. The van der Waals surface area contributed by atoms with E-state index in [2.05, 4.69) is 5.32 Å². The molecule has 2 aliphatic heterocycles. The summed E-state index contributed by atoms with van der Waals surface area (Å²) in [4.78, 5) is 25.1. The van der Waals surface area contributed by atoms with Crippen molar-refractivity contribution in [2.75, 3.05) is 44.7 Å². The number of hydrogen-bond acceptors (Lipinski definition) is 6. The third-order valence-electron chi connectivity index (χ3n) is 4.74. The van der Waals surface area contributed by atoms with Crippen LogP contribution in [-0.2, 0) is 24.3 Å². The van der Waals surface area contributed by atoms with E-state index < -0.39 is 22.0 Å². The van der Waals surface area contributed by atoms with Crippen LogP contribution in [0.3, 0.4) is 0 Å². The predicted molar refractivity (Wildman–Crippen MR) is 96.9 cm³/mol. The fourth-order valence-corrected chi connectivity index (χ4v) is 4.73. The summed E-state index contributed by atoms with van der Waals surface area (Å²) < 4.78 is 31.7. The number of carboxylic acid groups (broad SMARTS) is 1. The number of rotatable bonds is 6. The first-order chi connectivity index (χ1) is 12.9. The summed E-state index contributed by atoms with van der Waals surface area (Å²) in [6, 6.07) is 5.34. The topological polar surface area (TPSA) is 116 Å². The number of nitrogens with one attached hydrogen (secondary N) is 1. The summed E-state index contributed by atoms with van der Waals surface area (Å²) >= 11 is 0. The number of ether oxygens (including phenoxy) is 1. The first kappa shape index (κ1) is 19.7. The average Bonchev–Trinajstić information content (AvgIpc) is 3.11. The highest BCUT2D eigenvalue weighted by molar-refractivity contribution is 7.89. The van der Waals surface area contributed by atoms with Gasteiger partial charge in [-0.2, -0.15) is 4.31 Å². The fraction of sp³-hybridized carbons (Fsp3) is 0.529. The van der Waals surface area contributed by atoms with Gasteiger partial charge < -0.3 is 15.2 Å². The number of morpholine rings is 1. The number of likely N-dealkylation sites (tertiary alicyclic amines) is 1. The zero-order valence-corrected chi connectivity index (χ0v) is 15.7. The zero-order valence-electron chi connectivity index (χ0n) is 14.8. The number of carbonyl (C=O) groups excluding carboxylic acids is 1. The van der Waals surface area contributed by atoms with Crippen molar-refractivity contribution in [1.82, 2.24) is 9.21 Å². The highest BCUT2D eigenvalue weighted by atomic mass is 32.2. The number of carboxylic acids is 1. The van der Waals surface area contributed by atoms with Crippen LogP contribution in [0.4, 0.5) is 5.69 Å². The minimum absolute atomic E-state index is 0.00913. The fourth-order valence-electron chi connectivity index (χ4n) is 3.33. The van der Waals surface area contributed by atoms with Crippen molar-refractivity contribution >= 4 is 27.6 Å². The Morgan fingerprint density at radius 1 is 1.15 bits per heavy atom. The molecule has 0 saturated carbocycles. The Balaban J connectivity index is 1.60. The number of carbonyl (C=O) groups is 2. The van der Waals surface area contributed by atoms with Crippen molar-refractivity contribution in [3.05, 3.63) is 24.3 Å². The maximum absolute atomic E-state index is 12.6.